The van der Waals surface area contributed by atoms with Crippen LogP contribution in [0.5, 0.6) is 0 Å². The fourth-order valence-corrected chi connectivity index (χ4v) is 2.51. The van der Waals surface area contributed by atoms with Crippen molar-refractivity contribution in [1.29, 1.82) is 0 Å². The molecule has 66 valence electrons. The molecule has 0 radical (unpaired) electrons. The van der Waals surface area contributed by atoms with Crippen LogP contribution in [0.15, 0.2) is 5.16 Å². The summed E-state index contributed by atoms with van der Waals surface area (Å²) < 4.78 is 0. The van der Waals surface area contributed by atoms with E-state index in [1.54, 1.807) is 0 Å². The number of carboxylic acids is 1. The minimum atomic E-state index is -0.824. The first-order valence-corrected chi connectivity index (χ1v) is 4.14. The molecular weight excluding hydrogens is 158 g/mol. The van der Waals surface area contributed by atoms with Gasteiger partial charge < -0.3 is 10.3 Å². The fraction of sp³-hybridized carbons (Fsp3) is 0.750. The minimum Gasteiger partial charge on any atom is -0.481 e. The summed E-state index contributed by atoms with van der Waals surface area (Å²) in [5.41, 5.74) is -0.328. The molecule has 4 nitrogen and oxygen atoms in total. The summed E-state index contributed by atoms with van der Waals surface area (Å²) in [6.45, 7) is 0. The Morgan fingerprint density at radius 3 is 2.83 bits per heavy atom. The van der Waals surface area contributed by atoms with E-state index in [0.717, 1.165) is 6.42 Å². The van der Waals surface area contributed by atoms with Crippen LogP contribution in [0.25, 0.3) is 0 Å². The van der Waals surface area contributed by atoms with E-state index in [1.165, 1.54) is 0 Å². The number of carbonyl (C=O) groups is 1. The van der Waals surface area contributed by atoms with Gasteiger partial charge in [0.15, 0.2) is 0 Å². The molecule has 0 heterocycles. The molecule has 0 aromatic carbocycles. The Balaban J connectivity index is 2.39. The minimum absolute atomic E-state index is 0.437. The molecule has 2 rings (SSSR count). The maximum atomic E-state index is 11.0. The van der Waals surface area contributed by atoms with Crippen molar-refractivity contribution in [2.45, 2.75) is 25.7 Å². The van der Waals surface area contributed by atoms with Crippen LogP contribution in [0.2, 0.25) is 0 Å². The molecule has 2 saturated carbocycles. The SMILES string of the molecule is O=C(O)[C@]12CC[C@@H](C/C1=N/O)C2. The number of rotatable bonds is 1. The lowest BCUT2D eigenvalue weighted by molar-refractivity contribution is -0.144. The summed E-state index contributed by atoms with van der Waals surface area (Å²) in [7, 11) is 0. The Bertz CT molecular complexity index is 261. The van der Waals surface area contributed by atoms with E-state index in [9.17, 15) is 4.79 Å². The van der Waals surface area contributed by atoms with E-state index in [2.05, 4.69) is 5.16 Å². The molecule has 2 fully saturated rings. The smallest absolute Gasteiger partial charge is 0.315 e. The van der Waals surface area contributed by atoms with Gasteiger partial charge in [-0.15, -0.1) is 0 Å². The second-order valence-electron chi connectivity index (χ2n) is 3.75. The largest absolute Gasteiger partial charge is 0.481 e. The van der Waals surface area contributed by atoms with Gasteiger partial charge in [-0.2, -0.15) is 0 Å². The number of carboxylic acid groups (broad SMARTS) is 1. The molecule has 0 spiro atoms. The van der Waals surface area contributed by atoms with Gasteiger partial charge in [0, 0.05) is 0 Å². The van der Waals surface area contributed by atoms with Crippen molar-refractivity contribution < 1.29 is 15.1 Å². The average Bonchev–Trinajstić information content (AvgIpc) is 2.60. The van der Waals surface area contributed by atoms with Gasteiger partial charge in [0.2, 0.25) is 0 Å². The van der Waals surface area contributed by atoms with Gasteiger partial charge in [-0.3, -0.25) is 4.79 Å². The van der Waals surface area contributed by atoms with Crippen LogP contribution < -0.4 is 0 Å². The molecule has 12 heavy (non-hydrogen) atoms. The van der Waals surface area contributed by atoms with Crippen molar-refractivity contribution in [2.24, 2.45) is 16.5 Å². The molecule has 4 heteroatoms. The highest BCUT2D eigenvalue weighted by atomic mass is 16.4. The van der Waals surface area contributed by atoms with Crippen molar-refractivity contribution in [3.05, 3.63) is 0 Å². The van der Waals surface area contributed by atoms with E-state index in [4.69, 9.17) is 10.3 Å². The predicted molar refractivity (Wildman–Crippen MR) is 41.2 cm³/mol. The highest BCUT2D eigenvalue weighted by Gasteiger charge is 2.55. The summed E-state index contributed by atoms with van der Waals surface area (Å²) in [6, 6.07) is 0. The lowest BCUT2D eigenvalue weighted by Gasteiger charge is -2.21. The average molecular weight is 169 g/mol. The van der Waals surface area contributed by atoms with Crippen molar-refractivity contribution in [2.75, 3.05) is 0 Å². The quantitative estimate of drug-likeness (QED) is 0.456. The van der Waals surface area contributed by atoms with Crippen molar-refractivity contribution in [3.8, 4) is 0 Å². The lowest BCUT2D eigenvalue weighted by atomic mass is 9.83. The molecule has 0 amide bonds. The van der Waals surface area contributed by atoms with Crippen molar-refractivity contribution >= 4 is 11.7 Å². The van der Waals surface area contributed by atoms with Gasteiger partial charge >= 0.3 is 5.97 Å². The van der Waals surface area contributed by atoms with E-state index >= 15 is 0 Å². The zero-order valence-electron chi connectivity index (χ0n) is 6.66. The zero-order chi connectivity index (χ0) is 8.77. The molecule has 0 saturated heterocycles. The second kappa shape index (κ2) is 2.21. The Kier molecular flexibility index (Phi) is 1.40. The van der Waals surface area contributed by atoms with Crippen LogP contribution in [0.3, 0.4) is 0 Å². The standard InChI is InChI=1S/C8H11NO3/c10-7(11)8-2-1-5(4-8)3-6(8)9-12/h5,12H,1-4H2,(H,10,11)/b9-6-/t5-,8-/m0/s1. The molecular formula is C8H11NO3. The van der Waals surface area contributed by atoms with Crippen LogP contribution in [-0.2, 0) is 4.79 Å². The van der Waals surface area contributed by atoms with Crippen molar-refractivity contribution in [1.82, 2.24) is 0 Å². The first-order chi connectivity index (χ1) is 5.69. The fourth-order valence-electron chi connectivity index (χ4n) is 2.51. The highest BCUT2D eigenvalue weighted by molar-refractivity contribution is 6.08. The van der Waals surface area contributed by atoms with Crippen LogP contribution in [0.1, 0.15) is 25.7 Å². The molecule has 2 N–H and O–H groups in total. The molecule has 0 unspecified atom stereocenters. The van der Waals surface area contributed by atoms with E-state index in [1.807, 2.05) is 0 Å². The molecule has 2 atom stereocenters. The predicted octanol–water partition coefficient (Wildman–Crippen LogP) is 1.09. The third kappa shape index (κ3) is 0.722. The van der Waals surface area contributed by atoms with Gasteiger partial charge in [0.05, 0.1) is 5.71 Å². The molecule has 0 aromatic rings. The van der Waals surface area contributed by atoms with Gasteiger partial charge in [-0.1, -0.05) is 5.16 Å². The van der Waals surface area contributed by atoms with E-state index in [-0.39, 0.29) is 0 Å². The van der Waals surface area contributed by atoms with Crippen LogP contribution in [0.4, 0.5) is 0 Å². The normalized spacial score (nSPS) is 42.3. The summed E-state index contributed by atoms with van der Waals surface area (Å²) >= 11 is 0. The van der Waals surface area contributed by atoms with E-state index in [0.29, 0.717) is 30.9 Å². The van der Waals surface area contributed by atoms with Gasteiger partial charge in [0.1, 0.15) is 5.41 Å². The Morgan fingerprint density at radius 2 is 2.42 bits per heavy atom. The Hall–Kier alpha value is -1.06. The first-order valence-electron chi connectivity index (χ1n) is 4.14. The summed E-state index contributed by atoms with van der Waals surface area (Å²) in [4.78, 5) is 11.0. The molecule has 2 aliphatic carbocycles. The number of fused-ring (bicyclic) bond motifs is 2. The topological polar surface area (TPSA) is 69.9 Å². The number of hydrogen-bond acceptors (Lipinski definition) is 3. The summed E-state index contributed by atoms with van der Waals surface area (Å²) in [5, 5.41) is 20.7. The van der Waals surface area contributed by atoms with Crippen LogP contribution in [-0.4, -0.2) is 22.0 Å². The van der Waals surface area contributed by atoms with E-state index < -0.39 is 11.4 Å². The van der Waals surface area contributed by atoms with Crippen LogP contribution in [0, 0.1) is 11.3 Å². The molecule has 0 aliphatic heterocycles. The Labute approximate surface area is 69.9 Å². The maximum absolute atomic E-state index is 11.0. The lowest BCUT2D eigenvalue weighted by Crippen LogP contribution is -2.34. The third-order valence-corrected chi connectivity index (χ3v) is 3.18. The number of hydrogen-bond donors (Lipinski definition) is 2. The summed E-state index contributed by atoms with van der Waals surface area (Å²) in [6.07, 6.45) is 2.95. The maximum Gasteiger partial charge on any atom is 0.315 e. The Morgan fingerprint density at radius 1 is 1.67 bits per heavy atom. The van der Waals surface area contributed by atoms with Gasteiger partial charge in [-0.05, 0) is 31.6 Å². The summed E-state index contributed by atoms with van der Waals surface area (Å²) in [5.74, 6) is -0.387. The highest BCUT2D eigenvalue weighted by Crippen LogP contribution is 2.52. The number of oxime groups is 1. The number of aliphatic carboxylic acids is 1. The van der Waals surface area contributed by atoms with Crippen molar-refractivity contribution in [3.63, 3.8) is 0 Å². The second-order valence-corrected chi connectivity index (χ2v) is 3.75. The zero-order valence-corrected chi connectivity index (χ0v) is 6.66. The first kappa shape index (κ1) is 7.58. The van der Waals surface area contributed by atoms with Crippen LogP contribution >= 0.6 is 0 Å². The molecule has 2 aliphatic rings. The molecule has 2 bridgehead atoms. The van der Waals surface area contributed by atoms with Gasteiger partial charge in [0.25, 0.3) is 0 Å². The monoisotopic (exact) mass is 169 g/mol. The number of nitrogens with zero attached hydrogens (tertiary/aromatic N) is 1. The van der Waals surface area contributed by atoms with Gasteiger partial charge in [-0.25, -0.2) is 0 Å². The third-order valence-electron chi connectivity index (χ3n) is 3.18. The molecule has 0 aromatic heterocycles.